The van der Waals surface area contributed by atoms with Crippen molar-refractivity contribution in [3.05, 3.63) is 36.6 Å². The Balaban J connectivity index is 1.13. The molecule has 248 valence electrons. The zero-order chi connectivity index (χ0) is 32.7. The Kier molecular flexibility index (Phi) is 9.71. The van der Waals surface area contributed by atoms with Crippen LogP contribution in [0.1, 0.15) is 6.23 Å². The maximum Gasteiger partial charge on any atom is 0.481 e. The summed E-state index contributed by atoms with van der Waals surface area (Å²) in [5.74, 6) is 4.57. The molecule has 10 atom stereocenters. The van der Waals surface area contributed by atoms with E-state index in [0.717, 1.165) is 6.33 Å². The van der Waals surface area contributed by atoms with Gasteiger partial charge in [0.05, 0.1) is 25.6 Å². The van der Waals surface area contributed by atoms with E-state index >= 15 is 0 Å². The number of nitrogens with zero attached hydrogens (tertiary/aromatic N) is 5. The number of nitrogen functional groups attached to an aromatic ring is 1. The van der Waals surface area contributed by atoms with Gasteiger partial charge in [-0.1, -0.05) is 12.2 Å². The molecule has 2 aromatic rings. The van der Waals surface area contributed by atoms with Gasteiger partial charge in [-0.15, -0.1) is 0 Å². The number of hydrazine groups is 1. The van der Waals surface area contributed by atoms with Gasteiger partial charge in [-0.25, -0.2) is 29.9 Å². The summed E-state index contributed by atoms with van der Waals surface area (Å²) in [6.07, 6.45) is -5.64. The molecule has 5 heterocycles. The highest BCUT2D eigenvalue weighted by atomic mass is 31.3. The number of hydrogen-bond donors (Lipinski definition) is 8. The topological polar surface area (TPSA) is 332 Å². The first-order chi connectivity index (χ1) is 21.2. The first kappa shape index (κ1) is 33.4. The highest BCUT2D eigenvalue weighted by molar-refractivity contribution is 7.61. The van der Waals surface area contributed by atoms with Crippen molar-refractivity contribution in [2.45, 2.75) is 49.1 Å². The molecule has 2 saturated heterocycles. The summed E-state index contributed by atoms with van der Waals surface area (Å²) >= 11 is 0. The molecular formula is C21H29N8O14P2-. The average Bonchev–Trinajstić information content (AvgIpc) is 3.64. The third kappa shape index (κ3) is 7.09. The molecule has 1 amide bonds. The predicted octanol–water partition coefficient (Wildman–Crippen LogP) is -4.16. The van der Waals surface area contributed by atoms with Crippen LogP contribution in [0.25, 0.3) is 11.2 Å². The number of hydrogen-bond acceptors (Lipinski definition) is 18. The number of imidazole rings is 1. The van der Waals surface area contributed by atoms with E-state index in [1.54, 1.807) is 0 Å². The van der Waals surface area contributed by atoms with Crippen LogP contribution >= 0.6 is 15.6 Å². The first-order valence-electron chi connectivity index (χ1n) is 13.0. The van der Waals surface area contributed by atoms with Gasteiger partial charge < -0.3 is 50.3 Å². The number of aliphatic hydroxyl groups is 3. The number of phosphoric acid groups is 2. The SMILES string of the molecule is NNC(=O)C1=CCN(C2OC(COP(=O)(O)OP(=O)(O)OCC3OC(n4cnc5c(N)ncnc54)C(O)C3O)C(O)C2[O-])C=C1. The number of aliphatic hydroxyl groups excluding tert-OH is 3. The molecule has 10 N–H and O–H groups in total. The van der Waals surface area contributed by atoms with Crippen LogP contribution in [0.5, 0.6) is 0 Å². The van der Waals surface area contributed by atoms with Crippen molar-refractivity contribution in [2.75, 3.05) is 25.5 Å². The molecule has 3 aliphatic heterocycles. The van der Waals surface area contributed by atoms with Crippen LogP contribution in [0.3, 0.4) is 0 Å². The van der Waals surface area contributed by atoms with Crippen molar-refractivity contribution < 1.29 is 67.0 Å². The van der Waals surface area contributed by atoms with Gasteiger partial charge in [0.2, 0.25) is 0 Å². The molecule has 2 aromatic heterocycles. The van der Waals surface area contributed by atoms with E-state index in [1.165, 1.54) is 34.1 Å². The van der Waals surface area contributed by atoms with Gasteiger partial charge in [0.25, 0.3) is 5.91 Å². The Hall–Kier alpha value is -2.92. The van der Waals surface area contributed by atoms with Gasteiger partial charge in [0.15, 0.2) is 17.7 Å². The Morgan fingerprint density at radius 1 is 1.04 bits per heavy atom. The average molecular weight is 679 g/mol. The van der Waals surface area contributed by atoms with Gasteiger partial charge in [0, 0.05) is 18.3 Å². The van der Waals surface area contributed by atoms with Crippen molar-refractivity contribution in [2.24, 2.45) is 5.84 Å². The van der Waals surface area contributed by atoms with Crippen molar-refractivity contribution in [3.63, 3.8) is 0 Å². The van der Waals surface area contributed by atoms with Crippen LogP contribution in [-0.2, 0) is 36.8 Å². The number of amides is 1. The molecule has 22 nitrogen and oxygen atoms in total. The van der Waals surface area contributed by atoms with Crippen LogP contribution in [0.15, 0.2) is 36.6 Å². The summed E-state index contributed by atoms with van der Waals surface area (Å²) < 4.78 is 50.8. The number of anilines is 1. The number of carbonyl (C=O) groups is 1. The maximum absolute atomic E-state index is 12.6. The van der Waals surface area contributed by atoms with E-state index in [0.29, 0.717) is 0 Å². The molecule has 5 rings (SSSR count). The van der Waals surface area contributed by atoms with Crippen LogP contribution in [-0.4, -0.2) is 118 Å². The zero-order valence-electron chi connectivity index (χ0n) is 22.8. The molecule has 0 spiro atoms. The molecule has 10 unspecified atom stereocenters. The zero-order valence-corrected chi connectivity index (χ0v) is 24.6. The van der Waals surface area contributed by atoms with E-state index in [1.807, 2.05) is 5.43 Å². The molecule has 0 bridgehead atoms. The monoisotopic (exact) mass is 679 g/mol. The maximum atomic E-state index is 12.6. The molecule has 0 saturated carbocycles. The first-order valence-corrected chi connectivity index (χ1v) is 16.0. The number of carbonyl (C=O) groups excluding carboxylic acids is 1. The smallest absolute Gasteiger partial charge is 0.481 e. The lowest BCUT2D eigenvalue weighted by atomic mass is 10.1. The Labute approximate surface area is 252 Å². The summed E-state index contributed by atoms with van der Waals surface area (Å²) in [6, 6.07) is 0. The largest absolute Gasteiger partial charge is 0.847 e. The number of nitrogens with one attached hydrogen (secondary N) is 1. The number of aromatic nitrogens is 4. The third-order valence-corrected chi connectivity index (χ3v) is 9.61. The summed E-state index contributed by atoms with van der Waals surface area (Å²) in [6.45, 7) is -1.78. The number of fused-ring (bicyclic) bond motifs is 1. The summed E-state index contributed by atoms with van der Waals surface area (Å²) in [4.78, 5) is 44.8. The van der Waals surface area contributed by atoms with Crippen molar-refractivity contribution in [1.29, 1.82) is 0 Å². The van der Waals surface area contributed by atoms with Gasteiger partial charge >= 0.3 is 15.6 Å². The van der Waals surface area contributed by atoms with Crippen LogP contribution < -0.4 is 22.1 Å². The minimum absolute atomic E-state index is 0.0364. The quantitative estimate of drug-likeness (QED) is 0.0483. The molecule has 0 aliphatic carbocycles. The summed E-state index contributed by atoms with van der Waals surface area (Å²) in [5.41, 5.74) is 8.28. The molecule has 24 heteroatoms. The van der Waals surface area contributed by atoms with E-state index in [2.05, 4.69) is 23.8 Å². The Bertz CT molecular complexity index is 1580. The van der Waals surface area contributed by atoms with Crippen LogP contribution in [0.2, 0.25) is 0 Å². The lowest BCUT2D eigenvalue weighted by Crippen LogP contribution is -2.50. The molecule has 0 aromatic carbocycles. The number of ether oxygens (including phenoxy) is 2. The Morgan fingerprint density at radius 3 is 2.31 bits per heavy atom. The van der Waals surface area contributed by atoms with E-state index < -0.39 is 83.8 Å². The highest BCUT2D eigenvalue weighted by Gasteiger charge is 2.47. The second kappa shape index (κ2) is 13.1. The lowest BCUT2D eigenvalue weighted by Gasteiger charge is -2.35. The van der Waals surface area contributed by atoms with E-state index in [4.69, 9.17) is 25.6 Å². The van der Waals surface area contributed by atoms with Crippen LogP contribution in [0.4, 0.5) is 5.82 Å². The molecule has 45 heavy (non-hydrogen) atoms. The summed E-state index contributed by atoms with van der Waals surface area (Å²) in [7, 11) is -10.8. The van der Waals surface area contributed by atoms with Crippen molar-refractivity contribution >= 4 is 38.5 Å². The second-order valence-corrected chi connectivity index (χ2v) is 12.9. The fourth-order valence-electron chi connectivity index (χ4n) is 4.74. The fraction of sp³-hybridized carbons (Fsp3) is 0.524. The third-order valence-electron chi connectivity index (χ3n) is 7.01. The van der Waals surface area contributed by atoms with E-state index in [9.17, 15) is 44.1 Å². The lowest BCUT2D eigenvalue weighted by molar-refractivity contribution is -0.447. The summed E-state index contributed by atoms with van der Waals surface area (Å²) in [5, 5.41) is 43.8. The number of nitrogens with two attached hydrogens (primary N) is 2. The fourth-order valence-corrected chi connectivity index (χ4v) is 6.83. The van der Waals surface area contributed by atoms with Crippen molar-refractivity contribution in [3.8, 4) is 0 Å². The minimum Gasteiger partial charge on any atom is -0.847 e. The predicted molar refractivity (Wildman–Crippen MR) is 143 cm³/mol. The molecular weight excluding hydrogens is 650 g/mol. The van der Waals surface area contributed by atoms with E-state index in [-0.39, 0.29) is 29.1 Å². The molecule has 3 aliphatic rings. The number of phosphoric ester groups is 2. The Morgan fingerprint density at radius 2 is 1.69 bits per heavy atom. The minimum atomic E-state index is -5.38. The highest BCUT2D eigenvalue weighted by Crippen LogP contribution is 2.60. The van der Waals surface area contributed by atoms with Gasteiger partial charge in [0.1, 0.15) is 42.5 Å². The second-order valence-electron chi connectivity index (χ2n) is 9.91. The standard InChI is InChI=1S/C21H29N8O14P2/c22-17-12-18(25-7-24-17)29(8-26-12)21-16(33)14(31)11(42-21)6-40-45(37,38)43-44(35,36)39-5-10-13(30)15(32)20(41-10)28-3-1-9(2-4-28)19(34)27-23/h1-3,7-8,10-11,13-16,20-21,30-31,33H,4-6,23H2,(H,27,34)(H,35,36)(H,37,38)(H2,22,24,25)/q-1. The molecule has 2 fully saturated rings. The van der Waals surface area contributed by atoms with Gasteiger partial charge in [-0.2, -0.15) is 4.31 Å². The van der Waals surface area contributed by atoms with Crippen molar-refractivity contribution in [1.82, 2.24) is 29.8 Å². The van der Waals surface area contributed by atoms with Crippen LogP contribution in [0, 0.1) is 0 Å². The molecule has 0 radical (unpaired) electrons. The number of rotatable bonds is 11. The van der Waals surface area contributed by atoms with Gasteiger partial charge in [-0.3, -0.25) is 23.8 Å². The van der Waals surface area contributed by atoms with Gasteiger partial charge in [-0.05, 0) is 6.08 Å². The normalized spacial score (nSPS) is 32.8.